The first-order chi connectivity index (χ1) is 0. The van der Waals surface area contributed by atoms with Crippen molar-refractivity contribution in [3.05, 3.63) is 0 Å². The Morgan fingerprint density at radius 3 is 0.600 bits per heavy atom. The fourth-order valence-electron chi connectivity index (χ4n) is 0. The molecule has 0 atom stereocenters. The Kier molecular flexibility index (Phi) is 332. The molecule has 0 aromatic carbocycles. The van der Waals surface area contributed by atoms with Gasteiger partial charge in [0.1, 0.15) is 0 Å². The molecule has 0 aliphatic carbocycles. The number of hydrogen-bond acceptors (Lipinski definition) is 2. The van der Waals surface area contributed by atoms with Gasteiger partial charge in [-0.3, -0.25) is 0 Å². The summed E-state index contributed by atoms with van der Waals surface area (Å²) in [5, 5.41) is 0. The molecule has 0 saturated heterocycles. The first kappa shape index (κ1) is 51.8. The van der Waals surface area contributed by atoms with E-state index in [4.69, 9.17) is 0 Å². The fraction of sp³-hybridized carbons (Fsp3) is 0. The molecule has 0 saturated carbocycles. The van der Waals surface area contributed by atoms with Crippen molar-refractivity contribution in [1.82, 2.24) is 12.3 Å². The van der Waals surface area contributed by atoms with Gasteiger partial charge in [-0.05, 0) is 0 Å². The Morgan fingerprint density at radius 1 is 0.600 bits per heavy atom. The van der Waals surface area contributed by atoms with Crippen LogP contribution in [0.4, 0.5) is 0 Å². The maximum atomic E-state index is 0. The summed E-state index contributed by atoms with van der Waals surface area (Å²) in [4.78, 5) is 0. The van der Waals surface area contributed by atoms with E-state index in [9.17, 15) is 0 Å². The zero-order chi connectivity index (χ0) is 0. The van der Waals surface area contributed by atoms with Gasteiger partial charge in [-0.15, -0.1) is 0 Å². The Hall–Kier alpha value is 2.44. The Bertz CT molecular complexity index is 7.61. The molecule has 0 aromatic heterocycles. The predicted octanol–water partition coefficient (Wildman–Crippen LogP) is -0.976. The van der Waals surface area contributed by atoms with Crippen LogP contribution >= 0.6 is 0 Å². The van der Waals surface area contributed by atoms with Crippen LogP contribution in [0.2, 0.25) is 0 Å². The molecule has 0 heterocycles. The summed E-state index contributed by atoms with van der Waals surface area (Å²) in [7, 11) is 0. The van der Waals surface area contributed by atoms with E-state index in [1.54, 1.807) is 0 Å². The average Bonchev–Trinajstić information content (AvgIpc) is 0. The van der Waals surface area contributed by atoms with E-state index in [1.807, 2.05) is 0 Å². The molecule has 0 spiro atoms. The van der Waals surface area contributed by atoms with Gasteiger partial charge < -0.3 is 12.3 Å². The molecule has 2 nitrogen and oxygen atoms in total. The minimum absolute atomic E-state index is 0. The van der Waals surface area contributed by atoms with Crippen LogP contribution in [0.5, 0.6) is 0 Å². The molecule has 0 bridgehead atoms. The van der Waals surface area contributed by atoms with Crippen LogP contribution in [0.1, 0.15) is 0 Å². The second-order valence-corrected chi connectivity index (χ2v) is 0. The minimum atomic E-state index is 0. The van der Waals surface area contributed by atoms with Crippen molar-refractivity contribution < 1.29 is 17.1 Å². The molecule has 0 amide bonds. The van der Waals surface area contributed by atoms with Crippen LogP contribution in [-0.2, 0) is 17.1 Å². The Morgan fingerprint density at radius 2 is 0.600 bits per heavy atom. The SMILES string of the molecule is N.N.[Fe].[NaH].[NaH]. The molecule has 5 heteroatoms. The summed E-state index contributed by atoms with van der Waals surface area (Å²) >= 11 is 0. The summed E-state index contributed by atoms with van der Waals surface area (Å²) in [5.74, 6) is 0. The van der Waals surface area contributed by atoms with E-state index >= 15 is 0 Å². The van der Waals surface area contributed by atoms with E-state index < -0.39 is 0 Å². The quantitative estimate of drug-likeness (QED) is 0.422. The third-order valence-corrected chi connectivity index (χ3v) is 0. The first-order valence-electron chi connectivity index (χ1n) is 0. The van der Waals surface area contributed by atoms with Gasteiger partial charge >= 0.3 is 59.1 Å². The molecule has 0 fully saturated rings. The molecular weight excluding hydrogens is 130 g/mol. The van der Waals surface area contributed by atoms with E-state index in [2.05, 4.69) is 0 Å². The van der Waals surface area contributed by atoms with Gasteiger partial charge in [-0.2, -0.15) is 0 Å². The molecule has 28 valence electrons. The second kappa shape index (κ2) is 32.0. The van der Waals surface area contributed by atoms with Gasteiger partial charge in [-0.25, -0.2) is 0 Å². The average molecular weight is 138 g/mol. The summed E-state index contributed by atoms with van der Waals surface area (Å²) in [6, 6.07) is 0. The third-order valence-electron chi connectivity index (χ3n) is 0. The van der Waals surface area contributed by atoms with Crippen LogP contribution in [0, 0.1) is 0 Å². The molecule has 0 aromatic rings. The topological polar surface area (TPSA) is 70.0 Å². The van der Waals surface area contributed by atoms with Crippen LogP contribution in [0.3, 0.4) is 0 Å². The monoisotopic (exact) mass is 138 g/mol. The molecule has 0 radical (unpaired) electrons. The first-order valence-corrected chi connectivity index (χ1v) is 0. The molecular formula is H8FeN2Na2. The zero-order valence-corrected chi connectivity index (χ0v) is 2.87. The molecule has 0 aliphatic rings. The fourth-order valence-corrected chi connectivity index (χ4v) is 0. The van der Waals surface area contributed by atoms with Gasteiger partial charge in [0.2, 0.25) is 0 Å². The van der Waals surface area contributed by atoms with Crippen molar-refractivity contribution in [1.29, 1.82) is 0 Å². The van der Waals surface area contributed by atoms with Crippen molar-refractivity contribution in [2.45, 2.75) is 0 Å². The van der Waals surface area contributed by atoms with Crippen molar-refractivity contribution in [3.63, 3.8) is 0 Å². The molecule has 0 aliphatic heterocycles. The van der Waals surface area contributed by atoms with Crippen LogP contribution in [0.25, 0.3) is 0 Å². The third kappa shape index (κ3) is 21.3. The molecule has 5 heavy (non-hydrogen) atoms. The van der Waals surface area contributed by atoms with E-state index in [1.165, 1.54) is 0 Å². The van der Waals surface area contributed by atoms with Gasteiger partial charge in [0.25, 0.3) is 0 Å². The molecule has 0 rings (SSSR count). The normalized spacial score (nSPS) is 0. The summed E-state index contributed by atoms with van der Waals surface area (Å²) < 4.78 is 0. The van der Waals surface area contributed by atoms with Gasteiger partial charge in [0.15, 0.2) is 0 Å². The van der Waals surface area contributed by atoms with Crippen LogP contribution in [-0.4, -0.2) is 59.1 Å². The predicted molar refractivity (Wildman–Crippen MR) is 24.3 cm³/mol. The molecule has 6 N–H and O–H groups in total. The van der Waals surface area contributed by atoms with Crippen molar-refractivity contribution >= 4 is 59.1 Å². The van der Waals surface area contributed by atoms with Crippen molar-refractivity contribution in [3.8, 4) is 0 Å². The van der Waals surface area contributed by atoms with E-state index in [-0.39, 0.29) is 88.5 Å². The van der Waals surface area contributed by atoms with Crippen molar-refractivity contribution in [2.75, 3.05) is 0 Å². The standard InChI is InChI=1S/Fe.2H3N.2Na.2H/h;2*1H3;;;;. The van der Waals surface area contributed by atoms with Crippen LogP contribution < -0.4 is 12.3 Å². The number of rotatable bonds is 0. The second-order valence-electron chi connectivity index (χ2n) is 0. The van der Waals surface area contributed by atoms with Gasteiger partial charge in [0.05, 0.1) is 0 Å². The Labute approximate surface area is 87.1 Å². The van der Waals surface area contributed by atoms with Crippen LogP contribution in [0.15, 0.2) is 0 Å². The Balaban J connectivity index is 0. The van der Waals surface area contributed by atoms with Gasteiger partial charge in [0, 0.05) is 17.1 Å². The maximum absolute atomic E-state index is 0. The zero-order valence-electron chi connectivity index (χ0n) is 1.77. The summed E-state index contributed by atoms with van der Waals surface area (Å²) in [6.45, 7) is 0. The number of hydrogen-bond donors (Lipinski definition) is 2. The summed E-state index contributed by atoms with van der Waals surface area (Å²) in [5.41, 5.74) is 0. The molecule has 0 unspecified atom stereocenters. The van der Waals surface area contributed by atoms with E-state index in [0.29, 0.717) is 0 Å². The summed E-state index contributed by atoms with van der Waals surface area (Å²) in [6.07, 6.45) is 0. The van der Waals surface area contributed by atoms with E-state index in [0.717, 1.165) is 0 Å². The van der Waals surface area contributed by atoms with Crippen molar-refractivity contribution in [2.24, 2.45) is 0 Å². The van der Waals surface area contributed by atoms with Gasteiger partial charge in [-0.1, -0.05) is 0 Å².